The summed E-state index contributed by atoms with van der Waals surface area (Å²) >= 11 is 0. The van der Waals surface area contributed by atoms with E-state index in [1.54, 1.807) is 36.9 Å². The van der Waals surface area contributed by atoms with Crippen LogP contribution in [0.5, 0.6) is 0 Å². The first-order valence-corrected chi connectivity index (χ1v) is 9.07. The minimum absolute atomic E-state index is 0.0666. The summed E-state index contributed by atoms with van der Waals surface area (Å²) in [4.78, 5) is 32.4. The molecule has 0 atom stereocenters. The Kier molecular flexibility index (Phi) is 6.30. The maximum atomic E-state index is 12.3. The number of hydrogen-bond donors (Lipinski definition) is 2. The van der Waals surface area contributed by atoms with Gasteiger partial charge in [0.2, 0.25) is 5.91 Å². The summed E-state index contributed by atoms with van der Waals surface area (Å²) in [6.45, 7) is 1.17. The van der Waals surface area contributed by atoms with Gasteiger partial charge in [-0.1, -0.05) is 6.07 Å². The molecular formula is C20H24N4O2. The van der Waals surface area contributed by atoms with Crippen LogP contribution in [0.1, 0.15) is 41.6 Å². The molecule has 1 aliphatic rings. The molecule has 2 amide bonds. The van der Waals surface area contributed by atoms with Gasteiger partial charge < -0.3 is 10.6 Å². The highest BCUT2D eigenvalue weighted by atomic mass is 16.2. The molecule has 136 valence electrons. The third kappa shape index (κ3) is 5.12. The van der Waals surface area contributed by atoms with E-state index in [0.717, 1.165) is 31.2 Å². The van der Waals surface area contributed by atoms with Crippen LogP contribution < -0.4 is 10.6 Å². The number of nitrogens with zero attached hydrogens (tertiary/aromatic N) is 2. The molecule has 2 N–H and O–H groups in total. The van der Waals surface area contributed by atoms with Gasteiger partial charge in [-0.05, 0) is 55.4 Å². The van der Waals surface area contributed by atoms with Gasteiger partial charge in [-0.15, -0.1) is 0 Å². The molecule has 1 fully saturated rings. The van der Waals surface area contributed by atoms with Crippen molar-refractivity contribution in [2.45, 2.75) is 32.2 Å². The van der Waals surface area contributed by atoms with E-state index in [-0.39, 0.29) is 17.7 Å². The van der Waals surface area contributed by atoms with Crippen LogP contribution in [0.2, 0.25) is 0 Å². The second kappa shape index (κ2) is 9.08. The predicted octanol–water partition coefficient (Wildman–Crippen LogP) is 2.33. The second-order valence-electron chi connectivity index (χ2n) is 6.75. The smallest absolute Gasteiger partial charge is 0.252 e. The molecule has 0 bridgehead atoms. The fourth-order valence-corrected chi connectivity index (χ4v) is 3.30. The molecule has 26 heavy (non-hydrogen) atoms. The van der Waals surface area contributed by atoms with Crippen LogP contribution in [0.4, 0.5) is 0 Å². The number of aromatic nitrogens is 2. The minimum Gasteiger partial charge on any atom is -0.352 e. The normalized spacial score (nSPS) is 19.5. The van der Waals surface area contributed by atoms with E-state index >= 15 is 0 Å². The van der Waals surface area contributed by atoms with Crippen LogP contribution >= 0.6 is 0 Å². The average Bonchev–Trinajstić information content (AvgIpc) is 2.72. The van der Waals surface area contributed by atoms with Crippen molar-refractivity contribution in [3.05, 3.63) is 60.2 Å². The lowest BCUT2D eigenvalue weighted by molar-refractivity contribution is -0.126. The summed E-state index contributed by atoms with van der Waals surface area (Å²) in [5.41, 5.74) is 1.59. The van der Waals surface area contributed by atoms with Gasteiger partial charge in [0, 0.05) is 43.8 Å². The van der Waals surface area contributed by atoms with E-state index in [4.69, 9.17) is 0 Å². The topological polar surface area (TPSA) is 84.0 Å². The van der Waals surface area contributed by atoms with Gasteiger partial charge in [0.1, 0.15) is 0 Å². The fourth-order valence-electron chi connectivity index (χ4n) is 3.30. The highest BCUT2D eigenvalue weighted by molar-refractivity contribution is 5.93. The van der Waals surface area contributed by atoms with Crippen LogP contribution in [0.15, 0.2) is 49.1 Å². The Hall–Kier alpha value is -2.76. The molecule has 0 saturated heterocycles. The summed E-state index contributed by atoms with van der Waals surface area (Å²) in [7, 11) is 0. The van der Waals surface area contributed by atoms with Crippen molar-refractivity contribution in [1.82, 2.24) is 20.6 Å². The molecule has 0 aliphatic heterocycles. The van der Waals surface area contributed by atoms with Gasteiger partial charge in [-0.3, -0.25) is 19.6 Å². The monoisotopic (exact) mass is 352 g/mol. The Morgan fingerprint density at radius 1 is 0.962 bits per heavy atom. The lowest BCUT2D eigenvalue weighted by Gasteiger charge is -2.28. The molecule has 3 rings (SSSR count). The Bertz CT molecular complexity index is 713. The fraction of sp³-hybridized carbons (Fsp3) is 0.400. The molecule has 2 aromatic heterocycles. The van der Waals surface area contributed by atoms with Gasteiger partial charge in [-0.25, -0.2) is 0 Å². The van der Waals surface area contributed by atoms with E-state index in [1.165, 1.54) is 0 Å². The van der Waals surface area contributed by atoms with Gasteiger partial charge >= 0.3 is 0 Å². The first-order valence-electron chi connectivity index (χ1n) is 9.07. The molecule has 1 aliphatic carbocycles. The summed E-state index contributed by atoms with van der Waals surface area (Å²) in [6.07, 6.45) is 10.4. The summed E-state index contributed by atoms with van der Waals surface area (Å²) in [5, 5.41) is 5.97. The largest absolute Gasteiger partial charge is 0.352 e. The number of hydrogen-bond acceptors (Lipinski definition) is 4. The average molecular weight is 352 g/mol. The lowest BCUT2D eigenvalue weighted by Crippen LogP contribution is -2.36. The SMILES string of the molecule is O=C(NCC1CCC(C(=O)NCc2cccnc2)CC1)c1cccnc1. The minimum atomic E-state index is -0.0885. The van der Waals surface area contributed by atoms with Crippen molar-refractivity contribution in [3.8, 4) is 0 Å². The molecule has 1 saturated carbocycles. The van der Waals surface area contributed by atoms with E-state index in [0.29, 0.717) is 24.6 Å². The van der Waals surface area contributed by atoms with Crippen molar-refractivity contribution in [3.63, 3.8) is 0 Å². The van der Waals surface area contributed by atoms with Crippen LogP contribution in [0.3, 0.4) is 0 Å². The van der Waals surface area contributed by atoms with Gasteiger partial charge in [-0.2, -0.15) is 0 Å². The van der Waals surface area contributed by atoms with Gasteiger partial charge in [0.15, 0.2) is 0 Å². The van der Waals surface area contributed by atoms with Crippen molar-refractivity contribution in [1.29, 1.82) is 0 Å². The van der Waals surface area contributed by atoms with Crippen LogP contribution in [-0.4, -0.2) is 28.3 Å². The predicted molar refractivity (Wildman–Crippen MR) is 98.1 cm³/mol. The molecule has 0 aromatic carbocycles. The summed E-state index contributed by atoms with van der Waals surface area (Å²) in [5.74, 6) is 0.524. The molecular weight excluding hydrogens is 328 g/mol. The zero-order valence-electron chi connectivity index (χ0n) is 14.7. The van der Waals surface area contributed by atoms with Crippen LogP contribution in [0, 0.1) is 11.8 Å². The molecule has 0 spiro atoms. The highest BCUT2D eigenvalue weighted by Crippen LogP contribution is 2.28. The molecule has 6 nitrogen and oxygen atoms in total. The highest BCUT2D eigenvalue weighted by Gasteiger charge is 2.26. The summed E-state index contributed by atoms with van der Waals surface area (Å²) in [6, 6.07) is 7.33. The van der Waals surface area contributed by atoms with Crippen molar-refractivity contribution >= 4 is 11.8 Å². The van der Waals surface area contributed by atoms with E-state index in [2.05, 4.69) is 20.6 Å². The second-order valence-corrected chi connectivity index (χ2v) is 6.75. The number of carbonyl (C=O) groups excluding carboxylic acids is 2. The first-order chi connectivity index (χ1) is 12.7. The number of amides is 2. The third-order valence-corrected chi connectivity index (χ3v) is 4.88. The van der Waals surface area contributed by atoms with Gasteiger partial charge in [0.25, 0.3) is 5.91 Å². The number of carbonyl (C=O) groups is 2. The zero-order chi connectivity index (χ0) is 18.2. The van der Waals surface area contributed by atoms with E-state index < -0.39 is 0 Å². The van der Waals surface area contributed by atoms with Crippen LogP contribution in [-0.2, 0) is 11.3 Å². The number of nitrogens with one attached hydrogen (secondary N) is 2. The molecule has 6 heteroatoms. The van der Waals surface area contributed by atoms with Crippen molar-refractivity contribution < 1.29 is 9.59 Å². The molecule has 0 unspecified atom stereocenters. The standard InChI is InChI=1S/C20H24N4O2/c25-19(24-13-16-3-1-9-21-11-16)17-7-5-15(6-8-17)12-23-20(26)18-4-2-10-22-14-18/h1-4,9-11,14-15,17H,5-8,12-13H2,(H,23,26)(H,24,25). The van der Waals surface area contributed by atoms with Crippen molar-refractivity contribution in [2.24, 2.45) is 11.8 Å². The lowest BCUT2D eigenvalue weighted by atomic mass is 9.81. The van der Waals surface area contributed by atoms with Gasteiger partial charge in [0.05, 0.1) is 5.56 Å². The zero-order valence-corrected chi connectivity index (χ0v) is 14.7. The maximum Gasteiger partial charge on any atom is 0.252 e. The quantitative estimate of drug-likeness (QED) is 0.836. The Labute approximate surface area is 153 Å². The van der Waals surface area contributed by atoms with Crippen LogP contribution in [0.25, 0.3) is 0 Å². The molecule has 0 radical (unpaired) electrons. The van der Waals surface area contributed by atoms with E-state index in [1.807, 2.05) is 12.1 Å². The Morgan fingerprint density at radius 3 is 2.35 bits per heavy atom. The number of pyridine rings is 2. The first kappa shape index (κ1) is 18.0. The molecule has 2 aromatic rings. The Morgan fingerprint density at radius 2 is 1.69 bits per heavy atom. The Balaban J connectivity index is 1.37. The summed E-state index contributed by atoms with van der Waals surface area (Å²) < 4.78 is 0. The van der Waals surface area contributed by atoms with Crippen molar-refractivity contribution in [2.75, 3.05) is 6.54 Å². The maximum absolute atomic E-state index is 12.3. The van der Waals surface area contributed by atoms with E-state index in [9.17, 15) is 9.59 Å². The molecule has 2 heterocycles. The third-order valence-electron chi connectivity index (χ3n) is 4.88. The number of rotatable bonds is 6.